The molecule has 0 spiro atoms. The molecule has 0 aromatic heterocycles. The zero-order chi connectivity index (χ0) is 16.4. The van der Waals surface area contributed by atoms with Crippen LogP contribution in [0.2, 0.25) is 0 Å². The third kappa shape index (κ3) is 3.28. The van der Waals surface area contributed by atoms with Gasteiger partial charge in [-0.3, -0.25) is 15.6 Å². The van der Waals surface area contributed by atoms with Crippen molar-refractivity contribution in [2.24, 2.45) is 5.92 Å². The molecule has 0 radical (unpaired) electrons. The summed E-state index contributed by atoms with van der Waals surface area (Å²) in [6.07, 6.45) is 0. The lowest BCUT2D eigenvalue weighted by Crippen LogP contribution is -2.43. The molecule has 1 aromatic carbocycles. The highest BCUT2D eigenvalue weighted by Gasteiger charge is 2.32. The Bertz CT molecular complexity index is 588. The van der Waals surface area contributed by atoms with E-state index in [4.69, 9.17) is 9.47 Å². The first-order valence-electron chi connectivity index (χ1n) is 8.15. The maximum atomic E-state index is 12.7. The van der Waals surface area contributed by atoms with E-state index >= 15 is 0 Å². The second-order valence-corrected chi connectivity index (χ2v) is 6.77. The first-order valence-corrected chi connectivity index (χ1v) is 8.15. The molecular formula is C17H25N3O3. The molecule has 1 amide bonds. The van der Waals surface area contributed by atoms with Crippen LogP contribution in [0.3, 0.4) is 0 Å². The van der Waals surface area contributed by atoms with Gasteiger partial charge in [-0.05, 0) is 38.5 Å². The molecule has 6 nitrogen and oxygen atoms in total. The number of carbonyl (C=O) groups is 1. The van der Waals surface area contributed by atoms with Gasteiger partial charge in [-0.1, -0.05) is 6.07 Å². The van der Waals surface area contributed by atoms with Crippen LogP contribution in [0.25, 0.3) is 0 Å². The molecule has 0 aliphatic carbocycles. The van der Waals surface area contributed by atoms with E-state index in [1.165, 1.54) is 0 Å². The Hall–Kier alpha value is -1.79. The van der Waals surface area contributed by atoms with Crippen molar-refractivity contribution >= 4 is 5.91 Å². The number of hydrogen-bond donors (Lipinski definition) is 3. The van der Waals surface area contributed by atoms with Gasteiger partial charge >= 0.3 is 0 Å². The third-order valence-corrected chi connectivity index (χ3v) is 4.76. The van der Waals surface area contributed by atoms with Crippen LogP contribution in [0.15, 0.2) is 18.2 Å². The van der Waals surface area contributed by atoms with Gasteiger partial charge in [0.2, 0.25) is 5.91 Å². The van der Waals surface area contributed by atoms with Crippen LogP contribution in [0.4, 0.5) is 0 Å². The summed E-state index contributed by atoms with van der Waals surface area (Å²) in [4.78, 5) is 12.7. The maximum absolute atomic E-state index is 12.7. The Labute approximate surface area is 136 Å². The van der Waals surface area contributed by atoms with Crippen molar-refractivity contribution in [2.45, 2.75) is 32.2 Å². The molecule has 2 aliphatic rings. The summed E-state index contributed by atoms with van der Waals surface area (Å²) in [6.45, 7) is 8.62. The minimum absolute atomic E-state index is 0.0216. The highest BCUT2D eigenvalue weighted by Crippen LogP contribution is 2.35. The monoisotopic (exact) mass is 319 g/mol. The van der Waals surface area contributed by atoms with Crippen molar-refractivity contribution in [3.05, 3.63) is 23.8 Å². The van der Waals surface area contributed by atoms with Crippen molar-refractivity contribution in [2.75, 3.05) is 26.3 Å². The SMILES string of the molecule is CC1NNCC1CNC(=O)C(C)(C)c1ccc2c(c1)OCCO2. The van der Waals surface area contributed by atoms with E-state index in [1.807, 2.05) is 32.0 Å². The average Bonchev–Trinajstić information content (AvgIpc) is 2.97. The van der Waals surface area contributed by atoms with Crippen LogP contribution in [0.1, 0.15) is 26.3 Å². The molecule has 2 aliphatic heterocycles. The Morgan fingerprint density at radius 2 is 2.04 bits per heavy atom. The van der Waals surface area contributed by atoms with Crippen LogP contribution in [0.5, 0.6) is 11.5 Å². The lowest BCUT2D eigenvalue weighted by atomic mass is 9.83. The standard InChI is InChI=1S/C17H25N3O3/c1-11-12(10-19-20-11)9-18-16(21)17(2,3)13-4-5-14-15(8-13)23-7-6-22-14/h4-5,8,11-12,19-20H,6-7,9-10H2,1-3H3,(H,18,21). The minimum atomic E-state index is -0.626. The molecule has 1 saturated heterocycles. The van der Waals surface area contributed by atoms with Crippen molar-refractivity contribution in [1.29, 1.82) is 0 Å². The zero-order valence-electron chi connectivity index (χ0n) is 13.9. The highest BCUT2D eigenvalue weighted by atomic mass is 16.6. The predicted molar refractivity (Wildman–Crippen MR) is 87.6 cm³/mol. The summed E-state index contributed by atoms with van der Waals surface area (Å²) in [7, 11) is 0. The first-order chi connectivity index (χ1) is 11.0. The number of rotatable bonds is 4. The summed E-state index contributed by atoms with van der Waals surface area (Å²) < 4.78 is 11.2. The van der Waals surface area contributed by atoms with Gasteiger partial charge in [0.1, 0.15) is 13.2 Å². The van der Waals surface area contributed by atoms with Gasteiger partial charge in [0, 0.05) is 25.0 Å². The summed E-state index contributed by atoms with van der Waals surface area (Å²) in [5.74, 6) is 1.88. The van der Waals surface area contributed by atoms with Gasteiger partial charge in [-0.25, -0.2) is 0 Å². The number of fused-ring (bicyclic) bond motifs is 1. The summed E-state index contributed by atoms with van der Waals surface area (Å²) >= 11 is 0. The molecule has 1 fully saturated rings. The molecule has 23 heavy (non-hydrogen) atoms. The molecule has 3 rings (SSSR count). The summed E-state index contributed by atoms with van der Waals surface area (Å²) in [5, 5.41) is 3.08. The van der Waals surface area contributed by atoms with Crippen molar-refractivity contribution in [3.8, 4) is 11.5 Å². The fourth-order valence-corrected chi connectivity index (χ4v) is 2.90. The summed E-state index contributed by atoms with van der Waals surface area (Å²) in [5.41, 5.74) is 6.58. The normalized spacial score (nSPS) is 23.6. The number of ether oxygens (including phenoxy) is 2. The maximum Gasteiger partial charge on any atom is 0.230 e. The van der Waals surface area contributed by atoms with E-state index in [0.29, 0.717) is 37.5 Å². The topological polar surface area (TPSA) is 71.6 Å². The van der Waals surface area contributed by atoms with E-state index in [2.05, 4.69) is 23.1 Å². The molecule has 1 aromatic rings. The molecular weight excluding hydrogens is 294 g/mol. The van der Waals surface area contributed by atoms with Gasteiger partial charge in [-0.15, -0.1) is 0 Å². The van der Waals surface area contributed by atoms with Crippen LogP contribution in [-0.2, 0) is 10.2 Å². The molecule has 126 valence electrons. The largest absolute Gasteiger partial charge is 0.486 e. The average molecular weight is 319 g/mol. The Morgan fingerprint density at radius 3 is 2.74 bits per heavy atom. The van der Waals surface area contributed by atoms with Crippen LogP contribution < -0.4 is 25.6 Å². The van der Waals surface area contributed by atoms with E-state index in [-0.39, 0.29) is 5.91 Å². The number of amides is 1. The number of hydrogen-bond acceptors (Lipinski definition) is 5. The van der Waals surface area contributed by atoms with Gasteiger partial charge in [0.15, 0.2) is 11.5 Å². The molecule has 2 heterocycles. The van der Waals surface area contributed by atoms with Gasteiger partial charge < -0.3 is 14.8 Å². The second-order valence-electron chi connectivity index (χ2n) is 6.77. The smallest absolute Gasteiger partial charge is 0.230 e. The second kappa shape index (κ2) is 6.37. The predicted octanol–water partition coefficient (Wildman–Crippen LogP) is 0.964. The molecule has 0 saturated carbocycles. The Kier molecular flexibility index (Phi) is 4.46. The fraction of sp³-hybridized carbons (Fsp3) is 0.588. The molecule has 3 N–H and O–H groups in total. The number of carbonyl (C=O) groups excluding carboxylic acids is 1. The summed E-state index contributed by atoms with van der Waals surface area (Å²) in [6, 6.07) is 6.09. The quantitative estimate of drug-likeness (QED) is 0.771. The minimum Gasteiger partial charge on any atom is -0.486 e. The van der Waals surface area contributed by atoms with E-state index in [1.54, 1.807) is 0 Å². The lowest BCUT2D eigenvalue weighted by Gasteiger charge is -2.27. The van der Waals surface area contributed by atoms with Gasteiger partial charge in [0.05, 0.1) is 5.41 Å². The molecule has 0 bridgehead atoms. The first kappa shape index (κ1) is 16.1. The molecule has 2 atom stereocenters. The fourth-order valence-electron chi connectivity index (χ4n) is 2.90. The van der Waals surface area contributed by atoms with E-state index in [9.17, 15) is 4.79 Å². The van der Waals surface area contributed by atoms with E-state index in [0.717, 1.165) is 17.9 Å². The lowest BCUT2D eigenvalue weighted by molar-refractivity contribution is -0.125. The zero-order valence-corrected chi connectivity index (χ0v) is 13.9. The van der Waals surface area contributed by atoms with Crippen molar-refractivity contribution < 1.29 is 14.3 Å². The van der Waals surface area contributed by atoms with Crippen LogP contribution in [-0.4, -0.2) is 38.3 Å². The Morgan fingerprint density at radius 1 is 1.30 bits per heavy atom. The number of benzene rings is 1. The number of hydrazine groups is 1. The molecule has 2 unspecified atom stereocenters. The van der Waals surface area contributed by atoms with Crippen molar-refractivity contribution in [1.82, 2.24) is 16.2 Å². The van der Waals surface area contributed by atoms with Crippen LogP contribution in [0, 0.1) is 5.92 Å². The van der Waals surface area contributed by atoms with Crippen molar-refractivity contribution in [3.63, 3.8) is 0 Å². The Balaban J connectivity index is 1.68. The third-order valence-electron chi connectivity index (χ3n) is 4.76. The van der Waals surface area contributed by atoms with Crippen LogP contribution >= 0.6 is 0 Å². The molecule has 6 heteroatoms. The van der Waals surface area contributed by atoms with Gasteiger partial charge in [0.25, 0.3) is 0 Å². The van der Waals surface area contributed by atoms with E-state index < -0.39 is 5.41 Å². The van der Waals surface area contributed by atoms with Gasteiger partial charge in [-0.2, -0.15) is 0 Å². The highest BCUT2D eigenvalue weighted by molar-refractivity contribution is 5.87. The number of nitrogens with one attached hydrogen (secondary N) is 3.